The third-order valence-electron chi connectivity index (χ3n) is 4.25. The molecule has 0 saturated carbocycles. The third-order valence-corrected chi connectivity index (χ3v) is 4.25. The van der Waals surface area contributed by atoms with Crippen LogP contribution in [0.25, 0.3) is 0 Å². The minimum atomic E-state index is -5.08. The summed E-state index contributed by atoms with van der Waals surface area (Å²) < 4.78 is 33.7. The maximum Gasteiger partial charge on any atom is 0.490 e. The van der Waals surface area contributed by atoms with Gasteiger partial charge in [-0.2, -0.15) is 13.2 Å². The Balaban J connectivity index is 0.000000412. The molecule has 1 aliphatic rings. The van der Waals surface area contributed by atoms with E-state index in [0.29, 0.717) is 6.04 Å². The first-order chi connectivity index (χ1) is 11.9. The molecule has 2 heterocycles. The van der Waals surface area contributed by atoms with Crippen molar-refractivity contribution in [2.45, 2.75) is 45.5 Å². The van der Waals surface area contributed by atoms with Crippen LogP contribution in [0.3, 0.4) is 0 Å². The number of likely N-dealkylation sites (N-methyl/N-ethyl adjacent to an activating group) is 1. The van der Waals surface area contributed by atoms with E-state index in [1.165, 1.54) is 0 Å². The Labute approximate surface area is 150 Å². The van der Waals surface area contributed by atoms with Crippen LogP contribution in [0.15, 0.2) is 6.33 Å². The first kappa shape index (κ1) is 21.9. The van der Waals surface area contributed by atoms with Crippen molar-refractivity contribution in [1.29, 1.82) is 0 Å². The van der Waals surface area contributed by atoms with Crippen LogP contribution in [0.5, 0.6) is 0 Å². The molecule has 26 heavy (non-hydrogen) atoms. The van der Waals surface area contributed by atoms with Crippen molar-refractivity contribution in [3.8, 4) is 0 Å². The van der Waals surface area contributed by atoms with Crippen LogP contribution >= 0.6 is 0 Å². The highest BCUT2D eigenvalue weighted by Crippen LogP contribution is 2.31. The van der Waals surface area contributed by atoms with Gasteiger partial charge in [0.1, 0.15) is 6.04 Å². The summed E-state index contributed by atoms with van der Waals surface area (Å²) in [6.07, 6.45) is -2.34. The molecule has 1 amide bonds. The molecule has 1 aliphatic heterocycles. The minimum Gasteiger partial charge on any atom is -0.475 e. The zero-order valence-corrected chi connectivity index (χ0v) is 15.5. The molecular weight excluding hydrogens is 353 g/mol. The first-order valence-electron chi connectivity index (χ1n) is 8.22. The highest BCUT2D eigenvalue weighted by Gasteiger charge is 2.39. The van der Waals surface area contributed by atoms with Crippen molar-refractivity contribution < 1.29 is 27.9 Å². The molecule has 0 aliphatic carbocycles. The highest BCUT2D eigenvalue weighted by molar-refractivity contribution is 5.83. The maximum atomic E-state index is 12.7. The van der Waals surface area contributed by atoms with Crippen LogP contribution in [-0.2, 0) is 23.1 Å². The molecule has 0 radical (unpaired) electrons. The van der Waals surface area contributed by atoms with E-state index >= 15 is 0 Å². The number of nitrogens with zero attached hydrogens (tertiary/aromatic N) is 4. The maximum absolute atomic E-state index is 12.7. The van der Waals surface area contributed by atoms with Gasteiger partial charge >= 0.3 is 12.1 Å². The molecule has 0 bridgehead atoms. The predicted octanol–water partition coefficient (Wildman–Crippen LogP) is 1.84. The van der Waals surface area contributed by atoms with Crippen LogP contribution in [0.4, 0.5) is 13.2 Å². The summed E-state index contributed by atoms with van der Waals surface area (Å²) in [7, 11) is 3.84. The lowest BCUT2D eigenvalue weighted by molar-refractivity contribution is -0.192. The number of carbonyl (C=O) groups is 2. The van der Waals surface area contributed by atoms with E-state index < -0.39 is 12.1 Å². The standard InChI is InChI=1S/C14H24N4O.C2HF3O2/c1-6-16(4)14(19)13-12-11(15-9-17(12)5)7-8-18(13)10(2)3;3-2(4,5)1(6)7/h9-10,13H,6-8H2,1-5H3;(H,6,7). The molecule has 0 fully saturated rings. The average molecular weight is 378 g/mol. The van der Waals surface area contributed by atoms with Gasteiger partial charge in [-0.05, 0) is 20.8 Å². The molecule has 148 valence electrons. The second-order valence-corrected chi connectivity index (χ2v) is 6.33. The fraction of sp³-hybridized carbons (Fsp3) is 0.688. The van der Waals surface area contributed by atoms with E-state index in [9.17, 15) is 18.0 Å². The number of carboxylic acid groups (broad SMARTS) is 1. The summed E-state index contributed by atoms with van der Waals surface area (Å²) in [5.41, 5.74) is 2.13. The zero-order valence-electron chi connectivity index (χ0n) is 15.5. The van der Waals surface area contributed by atoms with Crippen LogP contribution in [-0.4, -0.2) is 68.7 Å². The summed E-state index contributed by atoms with van der Waals surface area (Å²) in [5, 5.41) is 7.12. The number of carboxylic acids is 1. The number of alkyl halides is 3. The molecule has 7 nitrogen and oxygen atoms in total. The van der Waals surface area contributed by atoms with Gasteiger partial charge in [0.15, 0.2) is 0 Å². The van der Waals surface area contributed by atoms with Gasteiger partial charge in [0.05, 0.1) is 17.7 Å². The van der Waals surface area contributed by atoms with Crippen molar-refractivity contribution in [3.63, 3.8) is 0 Å². The first-order valence-corrected chi connectivity index (χ1v) is 8.22. The fourth-order valence-electron chi connectivity index (χ4n) is 2.73. The van der Waals surface area contributed by atoms with E-state index in [1.54, 1.807) is 4.90 Å². The number of fused-ring (bicyclic) bond motifs is 1. The Morgan fingerprint density at radius 1 is 1.42 bits per heavy atom. The molecule has 1 atom stereocenters. The number of imidazole rings is 1. The normalized spacial score (nSPS) is 17.3. The quantitative estimate of drug-likeness (QED) is 0.868. The number of amides is 1. The smallest absolute Gasteiger partial charge is 0.475 e. The summed E-state index contributed by atoms with van der Waals surface area (Å²) in [4.78, 5) is 30.1. The lowest BCUT2D eigenvalue weighted by Gasteiger charge is -2.39. The van der Waals surface area contributed by atoms with Gasteiger partial charge in [-0.1, -0.05) is 0 Å². The molecule has 0 saturated heterocycles. The van der Waals surface area contributed by atoms with Crippen molar-refractivity contribution >= 4 is 11.9 Å². The second-order valence-electron chi connectivity index (χ2n) is 6.33. The van der Waals surface area contributed by atoms with Gasteiger partial charge in [-0.15, -0.1) is 0 Å². The van der Waals surface area contributed by atoms with E-state index in [-0.39, 0.29) is 11.9 Å². The van der Waals surface area contributed by atoms with Crippen LogP contribution in [0.1, 0.15) is 38.2 Å². The van der Waals surface area contributed by atoms with E-state index in [4.69, 9.17) is 9.90 Å². The third kappa shape index (κ3) is 4.96. The van der Waals surface area contributed by atoms with Gasteiger partial charge in [0.25, 0.3) is 0 Å². The molecule has 10 heteroatoms. The molecule has 1 aromatic heterocycles. The molecule has 0 spiro atoms. The Morgan fingerprint density at radius 2 is 1.96 bits per heavy atom. The summed E-state index contributed by atoms with van der Waals surface area (Å²) in [5.74, 6) is -2.59. The lowest BCUT2D eigenvalue weighted by Crippen LogP contribution is -2.48. The number of hydrogen-bond donors (Lipinski definition) is 1. The van der Waals surface area contributed by atoms with Crippen LogP contribution in [0, 0.1) is 0 Å². The lowest BCUT2D eigenvalue weighted by atomic mass is 9.99. The van der Waals surface area contributed by atoms with Crippen LogP contribution < -0.4 is 0 Å². The largest absolute Gasteiger partial charge is 0.490 e. The number of hydrogen-bond acceptors (Lipinski definition) is 4. The van der Waals surface area contributed by atoms with E-state index in [2.05, 4.69) is 23.7 Å². The van der Waals surface area contributed by atoms with Gasteiger partial charge in [0, 0.05) is 39.6 Å². The Kier molecular flexibility index (Phi) is 7.19. The number of aryl methyl sites for hydroxylation is 1. The Morgan fingerprint density at radius 3 is 2.38 bits per heavy atom. The summed E-state index contributed by atoms with van der Waals surface area (Å²) >= 11 is 0. The summed E-state index contributed by atoms with van der Waals surface area (Å²) in [6.45, 7) is 7.93. The Bertz CT molecular complexity index is 643. The number of aromatic nitrogens is 2. The monoisotopic (exact) mass is 378 g/mol. The van der Waals surface area contributed by atoms with Gasteiger partial charge < -0.3 is 14.6 Å². The topological polar surface area (TPSA) is 78.7 Å². The molecule has 2 rings (SSSR count). The highest BCUT2D eigenvalue weighted by atomic mass is 19.4. The molecule has 1 aromatic rings. The van der Waals surface area contributed by atoms with Crippen LogP contribution in [0.2, 0.25) is 0 Å². The number of carbonyl (C=O) groups excluding carboxylic acids is 1. The minimum absolute atomic E-state index is 0.167. The molecule has 1 unspecified atom stereocenters. The predicted molar refractivity (Wildman–Crippen MR) is 88.5 cm³/mol. The number of aliphatic carboxylic acids is 1. The zero-order chi connectivity index (χ0) is 20.2. The average Bonchev–Trinajstić information content (AvgIpc) is 2.93. The number of halogens is 3. The second kappa shape index (κ2) is 8.52. The van der Waals surface area contributed by atoms with Gasteiger partial charge in [-0.3, -0.25) is 9.69 Å². The fourth-order valence-corrected chi connectivity index (χ4v) is 2.73. The molecular formula is C16H25F3N4O3. The SMILES string of the molecule is CCN(C)C(=O)C1c2c(ncn2C)CCN1C(C)C.O=C(O)C(F)(F)F. The summed E-state index contributed by atoms with van der Waals surface area (Å²) in [6, 6.07) is 0.156. The van der Waals surface area contributed by atoms with Gasteiger partial charge in [-0.25, -0.2) is 9.78 Å². The van der Waals surface area contributed by atoms with E-state index in [0.717, 1.165) is 30.9 Å². The molecule has 0 aromatic carbocycles. The van der Waals surface area contributed by atoms with Crippen molar-refractivity contribution in [2.75, 3.05) is 20.1 Å². The van der Waals surface area contributed by atoms with Gasteiger partial charge in [0.2, 0.25) is 5.91 Å². The van der Waals surface area contributed by atoms with Crippen molar-refractivity contribution in [1.82, 2.24) is 19.4 Å². The van der Waals surface area contributed by atoms with Crippen molar-refractivity contribution in [2.24, 2.45) is 7.05 Å². The number of rotatable bonds is 3. The molecule has 1 N–H and O–H groups in total. The van der Waals surface area contributed by atoms with E-state index in [1.807, 2.05) is 31.9 Å². The Hall–Kier alpha value is -2.10. The van der Waals surface area contributed by atoms with Crippen molar-refractivity contribution in [3.05, 3.63) is 17.7 Å².